The van der Waals surface area contributed by atoms with Gasteiger partial charge in [-0.05, 0) is 37.4 Å². The number of rotatable bonds is 5. The summed E-state index contributed by atoms with van der Waals surface area (Å²) in [7, 11) is -3.48. The third kappa shape index (κ3) is 3.75. The predicted octanol–water partition coefficient (Wildman–Crippen LogP) is 1.93. The first-order valence-corrected chi connectivity index (χ1v) is 9.17. The average molecular weight is 327 g/mol. The molecule has 8 heteroatoms. The van der Waals surface area contributed by atoms with Crippen molar-refractivity contribution in [3.05, 3.63) is 28.3 Å². The van der Waals surface area contributed by atoms with E-state index in [0.29, 0.717) is 12.2 Å². The Balaban J connectivity index is 2.32. The number of benzene rings is 1. The number of hydrogen-bond acceptors (Lipinski definition) is 6. The van der Waals surface area contributed by atoms with Gasteiger partial charge < -0.3 is 11.1 Å². The van der Waals surface area contributed by atoms with Crippen LogP contribution in [0.1, 0.15) is 25.7 Å². The van der Waals surface area contributed by atoms with Crippen molar-refractivity contribution in [2.75, 3.05) is 18.1 Å². The summed E-state index contributed by atoms with van der Waals surface area (Å²) in [5, 5.41) is 14.4. The standard InChI is InChI=1S/C14H21N3O4S/c1-22(20,21)11-6-7-13(14(8-11)17(18)19)16-12-5-3-2-4-10(12)9-15/h6-8,10,12,16H,2-5,9,15H2,1H3. The van der Waals surface area contributed by atoms with Crippen LogP contribution in [-0.4, -0.2) is 32.2 Å². The summed E-state index contributed by atoms with van der Waals surface area (Å²) in [6, 6.07) is 4.06. The van der Waals surface area contributed by atoms with Gasteiger partial charge >= 0.3 is 0 Å². The zero-order valence-electron chi connectivity index (χ0n) is 12.5. The zero-order chi connectivity index (χ0) is 16.3. The number of sulfone groups is 1. The fraction of sp³-hybridized carbons (Fsp3) is 0.571. The summed E-state index contributed by atoms with van der Waals surface area (Å²) < 4.78 is 23.1. The summed E-state index contributed by atoms with van der Waals surface area (Å²) in [6.07, 6.45) is 5.12. The molecule has 0 bridgehead atoms. The molecule has 7 nitrogen and oxygen atoms in total. The molecule has 122 valence electrons. The van der Waals surface area contributed by atoms with Crippen molar-refractivity contribution < 1.29 is 13.3 Å². The zero-order valence-corrected chi connectivity index (χ0v) is 13.3. The third-order valence-corrected chi connectivity index (χ3v) is 5.26. The number of anilines is 1. The highest BCUT2D eigenvalue weighted by Crippen LogP contribution is 2.32. The Bertz CT molecular complexity index is 660. The van der Waals surface area contributed by atoms with E-state index in [0.717, 1.165) is 38.0 Å². The second-order valence-electron chi connectivity index (χ2n) is 5.74. The molecular formula is C14H21N3O4S. The lowest BCUT2D eigenvalue weighted by Gasteiger charge is -2.32. The van der Waals surface area contributed by atoms with Crippen LogP contribution < -0.4 is 11.1 Å². The van der Waals surface area contributed by atoms with E-state index < -0.39 is 14.8 Å². The highest BCUT2D eigenvalue weighted by atomic mass is 32.2. The Labute approximate surface area is 130 Å². The number of nitro benzene ring substituents is 1. The van der Waals surface area contributed by atoms with Gasteiger partial charge in [0.25, 0.3) is 5.69 Å². The molecule has 0 aromatic heterocycles. The maximum Gasteiger partial charge on any atom is 0.293 e. The first kappa shape index (κ1) is 16.7. The van der Waals surface area contributed by atoms with Crippen LogP contribution in [0.2, 0.25) is 0 Å². The van der Waals surface area contributed by atoms with E-state index in [1.807, 2.05) is 0 Å². The Morgan fingerprint density at radius 2 is 2.05 bits per heavy atom. The topological polar surface area (TPSA) is 115 Å². The molecule has 0 amide bonds. The highest BCUT2D eigenvalue weighted by molar-refractivity contribution is 7.90. The van der Waals surface area contributed by atoms with Crippen LogP contribution in [-0.2, 0) is 9.84 Å². The van der Waals surface area contributed by atoms with Crippen molar-refractivity contribution in [2.45, 2.75) is 36.6 Å². The van der Waals surface area contributed by atoms with Gasteiger partial charge in [0.2, 0.25) is 0 Å². The van der Waals surface area contributed by atoms with Crippen molar-refractivity contribution >= 4 is 21.2 Å². The minimum Gasteiger partial charge on any atom is -0.376 e. The van der Waals surface area contributed by atoms with E-state index >= 15 is 0 Å². The second kappa shape index (κ2) is 6.62. The average Bonchev–Trinajstić information content (AvgIpc) is 2.46. The third-order valence-electron chi connectivity index (χ3n) is 4.15. The molecule has 3 N–H and O–H groups in total. The molecule has 0 radical (unpaired) electrons. The smallest absolute Gasteiger partial charge is 0.293 e. The van der Waals surface area contributed by atoms with Crippen LogP contribution in [0.15, 0.2) is 23.1 Å². The first-order valence-electron chi connectivity index (χ1n) is 7.28. The molecular weight excluding hydrogens is 306 g/mol. The van der Waals surface area contributed by atoms with Crippen LogP contribution >= 0.6 is 0 Å². The maximum absolute atomic E-state index is 11.5. The molecule has 0 spiro atoms. The van der Waals surface area contributed by atoms with E-state index in [1.165, 1.54) is 12.1 Å². The van der Waals surface area contributed by atoms with Crippen molar-refractivity contribution in [1.29, 1.82) is 0 Å². The van der Waals surface area contributed by atoms with Crippen molar-refractivity contribution in [3.63, 3.8) is 0 Å². The van der Waals surface area contributed by atoms with E-state index in [2.05, 4.69) is 5.32 Å². The van der Waals surface area contributed by atoms with Gasteiger partial charge in [0.05, 0.1) is 9.82 Å². The summed E-state index contributed by atoms with van der Waals surface area (Å²) in [5.74, 6) is 0.280. The number of nitrogens with two attached hydrogens (primary N) is 1. The fourth-order valence-corrected chi connectivity index (χ4v) is 3.54. The normalized spacial score (nSPS) is 22.3. The molecule has 1 aromatic carbocycles. The summed E-state index contributed by atoms with van der Waals surface area (Å²) in [5.41, 5.74) is 5.90. The first-order chi connectivity index (χ1) is 10.3. The van der Waals surface area contributed by atoms with E-state index in [9.17, 15) is 18.5 Å². The van der Waals surface area contributed by atoms with Crippen LogP contribution in [0.25, 0.3) is 0 Å². The molecule has 2 rings (SSSR count). The maximum atomic E-state index is 11.5. The molecule has 2 atom stereocenters. The fourth-order valence-electron chi connectivity index (χ4n) is 2.89. The van der Waals surface area contributed by atoms with Gasteiger partial charge in [0.15, 0.2) is 9.84 Å². The van der Waals surface area contributed by atoms with Crippen LogP contribution in [0.4, 0.5) is 11.4 Å². The molecule has 2 unspecified atom stereocenters. The Hall–Kier alpha value is -1.67. The summed E-state index contributed by atoms with van der Waals surface area (Å²) in [4.78, 5) is 10.6. The largest absolute Gasteiger partial charge is 0.376 e. The number of nitrogens with zero attached hydrogens (tertiary/aromatic N) is 1. The van der Waals surface area contributed by atoms with Gasteiger partial charge in [-0.15, -0.1) is 0 Å². The van der Waals surface area contributed by atoms with E-state index in [1.54, 1.807) is 0 Å². The number of hydrogen-bond donors (Lipinski definition) is 2. The predicted molar refractivity (Wildman–Crippen MR) is 84.6 cm³/mol. The lowest BCUT2D eigenvalue weighted by atomic mass is 9.84. The number of nitrogens with one attached hydrogen (secondary N) is 1. The Morgan fingerprint density at radius 3 is 2.64 bits per heavy atom. The van der Waals surface area contributed by atoms with Gasteiger partial charge in [-0.3, -0.25) is 10.1 Å². The summed E-state index contributed by atoms with van der Waals surface area (Å²) in [6.45, 7) is 0.535. The van der Waals surface area contributed by atoms with Crippen molar-refractivity contribution in [1.82, 2.24) is 0 Å². The van der Waals surface area contributed by atoms with Crippen LogP contribution in [0.3, 0.4) is 0 Å². The van der Waals surface area contributed by atoms with Gasteiger partial charge in [0, 0.05) is 18.4 Å². The van der Waals surface area contributed by atoms with Gasteiger partial charge in [-0.25, -0.2) is 8.42 Å². The van der Waals surface area contributed by atoms with Crippen molar-refractivity contribution in [3.8, 4) is 0 Å². The Morgan fingerprint density at radius 1 is 1.36 bits per heavy atom. The monoisotopic (exact) mass is 327 g/mol. The van der Waals surface area contributed by atoms with E-state index in [4.69, 9.17) is 5.73 Å². The van der Waals surface area contributed by atoms with E-state index in [-0.39, 0.29) is 22.5 Å². The molecule has 1 aromatic rings. The molecule has 0 heterocycles. The molecule has 1 aliphatic carbocycles. The van der Waals surface area contributed by atoms with Crippen molar-refractivity contribution in [2.24, 2.45) is 11.7 Å². The van der Waals surface area contributed by atoms with Gasteiger partial charge in [-0.2, -0.15) is 0 Å². The Kier molecular flexibility index (Phi) is 5.02. The molecule has 22 heavy (non-hydrogen) atoms. The number of nitro groups is 1. The molecule has 1 saturated carbocycles. The lowest BCUT2D eigenvalue weighted by molar-refractivity contribution is -0.384. The minimum absolute atomic E-state index is 0.0521. The molecule has 1 aliphatic rings. The van der Waals surface area contributed by atoms with Crippen LogP contribution in [0.5, 0.6) is 0 Å². The quantitative estimate of drug-likeness (QED) is 0.630. The van der Waals surface area contributed by atoms with Gasteiger partial charge in [0.1, 0.15) is 5.69 Å². The highest BCUT2D eigenvalue weighted by Gasteiger charge is 2.27. The second-order valence-corrected chi connectivity index (χ2v) is 7.76. The minimum atomic E-state index is -3.48. The van der Waals surface area contributed by atoms with Gasteiger partial charge in [-0.1, -0.05) is 12.8 Å². The molecule has 1 fully saturated rings. The molecule has 0 saturated heterocycles. The summed E-state index contributed by atoms with van der Waals surface area (Å²) >= 11 is 0. The van der Waals surface area contributed by atoms with Crippen LogP contribution in [0, 0.1) is 16.0 Å². The lowest BCUT2D eigenvalue weighted by Crippen LogP contribution is -2.36. The molecule has 0 aliphatic heterocycles. The SMILES string of the molecule is CS(=O)(=O)c1ccc(NC2CCCCC2CN)c([N+](=O)[O-])c1.